The minimum absolute atomic E-state index is 0.127. The topological polar surface area (TPSA) is 37.3 Å². The number of carbonyl (C=O) groups is 1. The molecule has 12 heavy (non-hydrogen) atoms. The largest absolute Gasteiger partial charge is 0.481 e. The molecule has 0 heterocycles. The molecule has 0 amide bonds. The predicted molar refractivity (Wildman–Crippen MR) is 50.1 cm³/mol. The van der Waals surface area contributed by atoms with Gasteiger partial charge in [-0.25, -0.2) is 0 Å². The zero-order valence-corrected chi connectivity index (χ0v) is 7.92. The average Bonchev–Trinajstić information content (AvgIpc) is 1.96. The highest BCUT2D eigenvalue weighted by atomic mass is 16.4. The maximum absolute atomic E-state index is 10.2. The van der Waals surface area contributed by atoms with Gasteiger partial charge in [-0.3, -0.25) is 4.79 Å². The summed E-state index contributed by atoms with van der Waals surface area (Å²) in [6, 6.07) is 0. The second kappa shape index (κ2) is 5.58. The van der Waals surface area contributed by atoms with Gasteiger partial charge in [0.15, 0.2) is 0 Å². The van der Waals surface area contributed by atoms with Gasteiger partial charge in [0.05, 0.1) is 6.42 Å². The molecule has 0 radical (unpaired) electrons. The van der Waals surface area contributed by atoms with E-state index in [4.69, 9.17) is 5.11 Å². The lowest BCUT2D eigenvalue weighted by Crippen LogP contribution is -1.91. The second-order valence-electron chi connectivity index (χ2n) is 3.13. The van der Waals surface area contributed by atoms with Crippen LogP contribution in [0, 0.1) is 0 Å². The molecule has 0 unspecified atom stereocenters. The molecule has 2 nitrogen and oxygen atoms in total. The summed E-state index contributed by atoms with van der Waals surface area (Å²) in [5.41, 5.74) is 2.37. The van der Waals surface area contributed by atoms with Crippen LogP contribution in [0.2, 0.25) is 0 Å². The summed E-state index contributed by atoms with van der Waals surface area (Å²) in [5.74, 6) is -0.772. The number of hydrogen-bond acceptors (Lipinski definition) is 1. The van der Waals surface area contributed by atoms with E-state index >= 15 is 0 Å². The highest BCUT2D eigenvalue weighted by Gasteiger charge is 1.92. The van der Waals surface area contributed by atoms with E-state index in [0.717, 1.165) is 12.0 Å². The van der Waals surface area contributed by atoms with Crippen molar-refractivity contribution in [3.63, 3.8) is 0 Å². The summed E-state index contributed by atoms with van der Waals surface area (Å²) in [4.78, 5) is 10.2. The Morgan fingerprint density at radius 1 is 1.17 bits per heavy atom. The molecule has 0 aromatic carbocycles. The first-order valence-electron chi connectivity index (χ1n) is 4.03. The molecule has 0 saturated carbocycles. The van der Waals surface area contributed by atoms with E-state index < -0.39 is 5.97 Å². The highest BCUT2D eigenvalue weighted by molar-refractivity contribution is 5.68. The van der Waals surface area contributed by atoms with Crippen LogP contribution in [-0.4, -0.2) is 11.1 Å². The average molecular weight is 168 g/mol. The molecule has 0 aliphatic carbocycles. The van der Waals surface area contributed by atoms with Gasteiger partial charge in [-0.15, -0.1) is 0 Å². The van der Waals surface area contributed by atoms with Gasteiger partial charge in [0, 0.05) is 0 Å². The van der Waals surface area contributed by atoms with Crippen LogP contribution in [0.25, 0.3) is 0 Å². The van der Waals surface area contributed by atoms with E-state index in [9.17, 15) is 4.79 Å². The van der Waals surface area contributed by atoms with E-state index in [2.05, 4.69) is 6.08 Å². The van der Waals surface area contributed by atoms with Crippen LogP contribution >= 0.6 is 0 Å². The molecule has 0 aliphatic heterocycles. The molecule has 0 aliphatic rings. The molecule has 2 heteroatoms. The van der Waals surface area contributed by atoms with E-state index in [1.165, 1.54) is 5.57 Å². The first-order chi connectivity index (χ1) is 5.52. The lowest BCUT2D eigenvalue weighted by atomic mass is 10.1. The summed E-state index contributed by atoms with van der Waals surface area (Å²) in [5, 5.41) is 8.38. The van der Waals surface area contributed by atoms with Crippen molar-refractivity contribution in [1.29, 1.82) is 0 Å². The van der Waals surface area contributed by atoms with Crippen molar-refractivity contribution < 1.29 is 9.90 Å². The minimum atomic E-state index is -0.772. The SMILES string of the molecule is CC(C)=CC/C(C)=C/CC(=O)O. The Bertz CT molecular complexity index is 208. The van der Waals surface area contributed by atoms with Crippen molar-refractivity contribution in [3.05, 3.63) is 23.3 Å². The third-order valence-electron chi connectivity index (χ3n) is 1.46. The molecule has 0 bridgehead atoms. The maximum Gasteiger partial charge on any atom is 0.307 e. The molecule has 0 rings (SSSR count). The third-order valence-corrected chi connectivity index (χ3v) is 1.46. The lowest BCUT2D eigenvalue weighted by Gasteiger charge is -1.95. The normalized spacial score (nSPS) is 11.1. The van der Waals surface area contributed by atoms with Crippen molar-refractivity contribution in [1.82, 2.24) is 0 Å². The number of carboxylic acid groups (broad SMARTS) is 1. The predicted octanol–water partition coefficient (Wildman–Crippen LogP) is 2.76. The van der Waals surface area contributed by atoms with Gasteiger partial charge < -0.3 is 5.11 Å². The Morgan fingerprint density at radius 3 is 2.17 bits per heavy atom. The summed E-state index contributed by atoms with van der Waals surface area (Å²) >= 11 is 0. The van der Waals surface area contributed by atoms with Crippen LogP contribution in [0.15, 0.2) is 23.3 Å². The Balaban J connectivity index is 3.86. The van der Waals surface area contributed by atoms with Crippen LogP contribution in [0.3, 0.4) is 0 Å². The van der Waals surface area contributed by atoms with Crippen molar-refractivity contribution in [3.8, 4) is 0 Å². The van der Waals surface area contributed by atoms with E-state index in [-0.39, 0.29) is 6.42 Å². The molecular formula is C10H16O2. The van der Waals surface area contributed by atoms with Crippen molar-refractivity contribution in [2.24, 2.45) is 0 Å². The summed E-state index contributed by atoms with van der Waals surface area (Å²) in [6.07, 6.45) is 4.83. The van der Waals surface area contributed by atoms with E-state index in [1.807, 2.05) is 20.8 Å². The molecule has 0 spiro atoms. The molecule has 0 aromatic rings. The van der Waals surface area contributed by atoms with Gasteiger partial charge in [0.2, 0.25) is 0 Å². The molecule has 0 aromatic heterocycles. The van der Waals surface area contributed by atoms with Gasteiger partial charge in [0.25, 0.3) is 0 Å². The molecule has 0 fully saturated rings. The Kier molecular flexibility index (Phi) is 5.09. The molecular weight excluding hydrogens is 152 g/mol. The number of aliphatic carboxylic acids is 1. The van der Waals surface area contributed by atoms with Gasteiger partial charge in [-0.1, -0.05) is 23.3 Å². The lowest BCUT2D eigenvalue weighted by molar-refractivity contribution is -0.136. The quantitative estimate of drug-likeness (QED) is 0.655. The zero-order chi connectivity index (χ0) is 9.56. The van der Waals surface area contributed by atoms with Crippen molar-refractivity contribution in [2.45, 2.75) is 33.6 Å². The highest BCUT2D eigenvalue weighted by Crippen LogP contribution is 2.04. The van der Waals surface area contributed by atoms with Crippen molar-refractivity contribution in [2.75, 3.05) is 0 Å². The number of allylic oxidation sites excluding steroid dienone is 3. The molecule has 68 valence electrons. The fourth-order valence-corrected chi connectivity index (χ4v) is 0.710. The van der Waals surface area contributed by atoms with Crippen LogP contribution in [0.5, 0.6) is 0 Å². The molecule has 0 saturated heterocycles. The zero-order valence-electron chi connectivity index (χ0n) is 7.92. The third kappa shape index (κ3) is 7.06. The fraction of sp³-hybridized carbons (Fsp3) is 0.500. The molecule has 0 atom stereocenters. The smallest absolute Gasteiger partial charge is 0.307 e. The number of hydrogen-bond donors (Lipinski definition) is 1. The molecule has 1 N–H and O–H groups in total. The van der Waals surface area contributed by atoms with Gasteiger partial charge in [-0.05, 0) is 27.2 Å². The maximum atomic E-state index is 10.2. The van der Waals surface area contributed by atoms with Gasteiger partial charge >= 0.3 is 5.97 Å². The summed E-state index contributed by atoms with van der Waals surface area (Å²) in [6.45, 7) is 6.01. The van der Waals surface area contributed by atoms with Gasteiger partial charge in [-0.2, -0.15) is 0 Å². The Labute approximate surface area is 73.6 Å². The van der Waals surface area contributed by atoms with E-state index in [0.29, 0.717) is 0 Å². The van der Waals surface area contributed by atoms with Gasteiger partial charge in [0.1, 0.15) is 0 Å². The standard InChI is InChI=1S/C10H16O2/c1-8(2)4-5-9(3)6-7-10(11)12/h4,6H,5,7H2,1-3H3,(H,11,12)/b9-6+. The minimum Gasteiger partial charge on any atom is -0.481 e. The van der Waals surface area contributed by atoms with E-state index in [1.54, 1.807) is 6.08 Å². The first kappa shape index (κ1) is 11.0. The Morgan fingerprint density at radius 2 is 1.75 bits per heavy atom. The second-order valence-corrected chi connectivity index (χ2v) is 3.13. The Hall–Kier alpha value is -1.05. The van der Waals surface area contributed by atoms with Crippen LogP contribution < -0.4 is 0 Å². The number of carboxylic acids is 1. The van der Waals surface area contributed by atoms with Crippen LogP contribution in [0.4, 0.5) is 0 Å². The summed E-state index contributed by atoms with van der Waals surface area (Å²) < 4.78 is 0. The number of rotatable bonds is 4. The summed E-state index contributed by atoms with van der Waals surface area (Å²) in [7, 11) is 0. The monoisotopic (exact) mass is 168 g/mol. The first-order valence-corrected chi connectivity index (χ1v) is 4.03. The van der Waals surface area contributed by atoms with Crippen LogP contribution in [0.1, 0.15) is 33.6 Å². The van der Waals surface area contributed by atoms with Crippen LogP contribution in [-0.2, 0) is 4.79 Å². The van der Waals surface area contributed by atoms with Crippen molar-refractivity contribution >= 4 is 5.97 Å². The fourth-order valence-electron chi connectivity index (χ4n) is 0.710.